The molecule has 1 aliphatic heterocycles. The highest BCUT2D eigenvalue weighted by Gasteiger charge is 2.47. The summed E-state index contributed by atoms with van der Waals surface area (Å²) in [5, 5.41) is 11.5. The summed E-state index contributed by atoms with van der Waals surface area (Å²) in [5.41, 5.74) is 2.62. The van der Waals surface area contributed by atoms with E-state index in [-0.39, 0.29) is 17.4 Å². The van der Waals surface area contributed by atoms with E-state index in [1.54, 1.807) is 24.3 Å². The number of carbonyl (C=O) groups excluding carboxylic acids is 2. The molecular formula is C32H36N2O5. The molecule has 3 aromatic rings. The van der Waals surface area contributed by atoms with Gasteiger partial charge in [-0.15, -0.1) is 0 Å². The summed E-state index contributed by atoms with van der Waals surface area (Å²) in [4.78, 5) is 30.4. The lowest BCUT2D eigenvalue weighted by atomic mass is 9.95. The van der Waals surface area contributed by atoms with E-state index in [4.69, 9.17) is 9.47 Å². The predicted molar refractivity (Wildman–Crippen MR) is 155 cm³/mol. The van der Waals surface area contributed by atoms with Gasteiger partial charge in [0.1, 0.15) is 17.3 Å². The zero-order chi connectivity index (χ0) is 28.3. The molecule has 3 aromatic carbocycles. The second-order valence-electron chi connectivity index (χ2n) is 10.5. The average molecular weight is 529 g/mol. The van der Waals surface area contributed by atoms with Gasteiger partial charge in [0, 0.05) is 31.0 Å². The molecule has 0 aromatic heterocycles. The van der Waals surface area contributed by atoms with Gasteiger partial charge < -0.3 is 19.5 Å². The summed E-state index contributed by atoms with van der Waals surface area (Å²) in [6.45, 7) is 8.50. The maximum atomic E-state index is 13.5. The third-order valence-corrected chi connectivity index (χ3v) is 6.35. The second kappa shape index (κ2) is 11.6. The molecule has 0 spiro atoms. The molecule has 1 aliphatic rings. The molecule has 1 fully saturated rings. The predicted octanol–water partition coefficient (Wildman–Crippen LogP) is 6.20. The first-order valence-electron chi connectivity index (χ1n) is 13.1. The van der Waals surface area contributed by atoms with Crippen molar-refractivity contribution in [1.82, 2.24) is 0 Å². The van der Waals surface area contributed by atoms with Crippen molar-refractivity contribution in [3.63, 3.8) is 0 Å². The molecule has 204 valence electrons. The molecule has 39 heavy (non-hydrogen) atoms. The number of amides is 1. The number of ketones is 1. The van der Waals surface area contributed by atoms with Crippen LogP contribution >= 0.6 is 0 Å². The smallest absolute Gasteiger partial charge is 0.300 e. The Morgan fingerprint density at radius 3 is 2.18 bits per heavy atom. The normalized spacial score (nSPS) is 16.7. The van der Waals surface area contributed by atoms with Gasteiger partial charge >= 0.3 is 0 Å². The fourth-order valence-electron chi connectivity index (χ4n) is 4.48. The molecule has 7 nitrogen and oxygen atoms in total. The Bertz CT molecular complexity index is 1360. The summed E-state index contributed by atoms with van der Waals surface area (Å²) in [7, 11) is 3.86. The van der Waals surface area contributed by atoms with Crippen LogP contribution in [0.4, 0.5) is 11.4 Å². The summed E-state index contributed by atoms with van der Waals surface area (Å²) < 4.78 is 11.6. The van der Waals surface area contributed by atoms with Crippen LogP contribution in [-0.2, 0) is 9.59 Å². The van der Waals surface area contributed by atoms with E-state index in [9.17, 15) is 14.7 Å². The summed E-state index contributed by atoms with van der Waals surface area (Å²) >= 11 is 0. The number of hydrogen-bond acceptors (Lipinski definition) is 6. The van der Waals surface area contributed by atoms with Gasteiger partial charge in [-0.05, 0) is 73.9 Å². The number of anilines is 2. The number of aliphatic hydroxyl groups excluding tert-OH is 1. The highest BCUT2D eigenvalue weighted by atomic mass is 16.5. The number of ether oxygens (including phenoxy) is 2. The van der Waals surface area contributed by atoms with E-state index in [0.717, 1.165) is 5.69 Å². The van der Waals surface area contributed by atoms with Crippen molar-refractivity contribution in [2.75, 3.05) is 30.5 Å². The largest absolute Gasteiger partial charge is 0.507 e. The molecule has 0 bridgehead atoms. The third-order valence-electron chi connectivity index (χ3n) is 6.35. The van der Waals surface area contributed by atoms with Crippen LogP contribution in [0.3, 0.4) is 0 Å². The topological polar surface area (TPSA) is 79.3 Å². The quantitative estimate of drug-likeness (QED) is 0.202. The number of nitrogens with zero attached hydrogens (tertiary/aromatic N) is 2. The Morgan fingerprint density at radius 1 is 0.923 bits per heavy atom. The van der Waals surface area contributed by atoms with Crippen molar-refractivity contribution in [3.05, 3.63) is 89.5 Å². The number of benzene rings is 3. The van der Waals surface area contributed by atoms with Gasteiger partial charge in [0.05, 0.1) is 24.3 Å². The van der Waals surface area contributed by atoms with Crippen LogP contribution < -0.4 is 19.3 Å². The minimum absolute atomic E-state index is 0.00175. The van der Waals surface area contributed by atoms with Crippen LogP contribution in [0.2, 0.25) is 0 Å². The molecule has 0 aliphatic carbocycles. The summed E-state index contributed by atoms with van der Waals surface area (Å²) in [5.74, 6) is -0.111. The van der Waals surface area contributed by atoms with Gasteiger partial charge in [-0.3, -0.25) is 14.5 Å². The number of hydrogen-bond donors (Lipinski definition) is 1. The molecule has 1 unspecified atom stereocenters. The van der Waals surface area contributed by atoms with Crippen molar-refractivity contribution >= 4 is 28.8 Å². The van der Waals surface area contributed by atoms with E-state index in [0.29, 0.717) is 40.8 Å². The molecule has 4 rings (SSSR count). The van der Waals surface area contributed by atoms with Gasteiger partial charge in [-0.2, -0.15) is 0 Å². The zero-order valence-electron chi connectivity index (χ0n) is 23.3. The van der Waals surface area contributed by atoms with Gasteiger partial charge in [-0.1, -0.05) is 38.1 Å². The molecule has 1 saturated heterocycles. The monoisotopic (exact) mass is 528 g/mol. The Balaban J connectivity index is 1.83. The molecule has 7 heteroatoms. The van der Waals surface area contributed by atoms with Crippen molar-refractivity contribution in [3.8, 4) is 11.5 Å². The molecule has 1 amide bonds. The van der Waals surface area contributed by atoms with E-state index >= 15 is 0 Å². The van der Waals surface area contributed by atoms with Crippen molar-refractivity contribution in [1.29, 1.82) is 0 Å². The molecular weight excluding hydrogens is 492 g/mol. The van der Waals surface area contributed by atoms with E-state index < -0.39 is 17.7 Å². The van der Waals surface area contributed by atoms with Gasteiger partial charge in [0.15, 0.2) is 0 Å². The van der Waals surface area contributed by atoms with Gasteiger partial charge in [0.2, 0.25) is 0 Å². The molecule has 0 saturated carbocycles. The first-order valence-corrected chi connectivity index (χ1v) is 13.1. The van der Waals surface area contributed by atoms with Crippen molar-refractivity contribution in [2.24, 2.45) is 5.92 Å². The number of aliphatic hydroxyl groups is 1. The van der Waals surface area contributed by atoms with Gasteiger partial charge in [-0.25, -0.2) is 0 Å². The van der Waals surface area contributed by atoms with Crippen LogP contribution in [0, 0.1) is 5.92 Å². The minimum Gasteiger partial charge on any atom is -0.507 e. The lowest BCUT2D eigenvalue weighted by molar-refractivity contribution is -0.132. The fraction of sp³-hybridized carbons (Fsp3) is 0.312. The van der Waals surface area contributed by atoms with Crippen LogP contribution in [0.15, 0.2) is 78.4 Å². The first-order chi connectivity index (χ1) is 18.6. The summed E-state index contributed by atoms with van der Waals surface area (Å²) in [6.07, 6.45) is 0.00175. The first kappa shape index (κ1) is 27.8. The number of rotatable bonds is 9. The van der Waals surface area contributed by atoms with Crippen LogP contribution in [0.5, 0.6) is 11.5 Å². The van der Waals surface area contributed by atoms with E-state index in [1.165, 1.54) is 4.90 Å². The maximum absolute atomic E-state index is 13.5. The Labute approximate surface area is 230 Å². The second-order valence-corrected chi connectivity index (χ2v) is 10.5. The molecule has 1 N–H and O–H groups in total. The molecule has 1 heterocycles. The van der Waals surface area contributed by atoms with Crippen LogP contribution in [0.25, 0.3) is 5.76 Å². The number of Topliss-reactive ketones (excluding diaryl/α,β-unsaturated/α-hetero) is 1. The molecule has 0 radical (unpaired) electrons. The molecule has 1 atom stereocenters. The Kier molecular flexibility index (Phi) is 8.29. The maximum Gasteiger partial charge on any atom is 0.300 e. The SMILES string of the molecule is CC(C)COc1cccc(/C(O)=C2\C(=O)C(=O)N(c3ccc(N(C)C)cc3)C2c2ccc(OC(C)C)cc2)c1. The van der Waals surface area contributed by atoms with Crippen LogP contribution in [-0.4, -0.2) is 43.6 Å². The van der Waals surface area contributed by atoms with Crippen molar-refractivity contribution in [2.45, 2.75) is 39.8 Å². The lowest BCUT2D eigenvalue weighted by Gasteiger charge is -2.26. The Hall–Kier alpha value is -4.26. The van der Waals surface area contributed by atoms with Crippen molar-refractivity contribution < 1.29 is 24.2 Å². The highest BCUT2D eigenvalue weighted by molar-refractivity contribution is 6.51. The lowest BCUT2D eigenvalue weighted by Crippen LogP contribution is -2.29. The van der Waals surface area contributed by atoms with Gasteiger partial charge in [0.25, 0.3) is 11.7 Å². The average Bonchev–Trinajstić information content (AvgIpc) is 3.17. The highest BCUT2D eigenvalue weighted by Crippen LogP contribution is 2.43. The van der Waals surface area contributed by atoms with E-state index in [1.807, 2.05) is 95.2 Å². The Morgan fingerprint density at radius 2 is 1.59 bits per heavy atom. The standard InChI is InChI=1S/C32H36N2O5/c1-20(2)19-38-27-9-7-8-23(18-27)30(35)28-29(22-10-16-26(17-11-22)39-21(3)4)34(32(37)31(28)36)25-14-12-24(13-15-25)33(5)6/h7-18,20-21,29,35H,19H2,1-6H3/b30-28+. The zero-order valence-corrected chi connectivity index (χ0v) is 23.3. The minimum atomic E-state index is -0.830. The number of carbonyl (C=O) groups is 2. The fourth-order valence-corrected chi connectivity index (χ4v) is 4.48. The third kappa shape index (κ3) is 6.08. The van der Waals surface area contributed by atoms with E-state index in [2.05, 4.69) is 0 Å². The van der Waals surface area contributed by atoms with Crippen LogP contribution in [0.1, 0.15) is 44.9 Å². The summed E-state index contributed by atoms with van der Waals surface area (Å²) in [6, 6.07) is 20.8.